The molecule has 2 nitrogen and oxygen atoms in total. The monoisotopic (exact) mass is 208 g/mol. The summed E-state index contributed by atoms with van der Waals surface area (Å²) in [4.78, 5) is 10.8. The molecule has 1 aromatic heterocycles. The molecule has 1 aromatic rings. The molecule has 0 aliphatic rings. The zero-order valence-electron chi connectivity index (χ0n) is 5.96. The van der Waals surface area contributed by atoms with Crippen molar-refractivity contribution in [2.75, 3.05) is 0 Å². The minimum atomic E-state index is -1.83. The highest BCUT2D eigenvalue weighted by atomic mass is 35.5. The first kappa shape index (κ1) is 9.48. The average Bonchev–Trinajstić information content (AvgIpc) is 2.35. The van der Waals surface area contributed by atoms with E-state index in [9.17, 15) is 9.18 Å². The number of halogens is 2. The van der Waals surface area contributed by atoms with Crippen molar-refractivity contribution in [2.24, 2.45) is 0 Å². The minimum absolute atomic E-state index is 0.104. The van der Waals surface area contributed by atoms with Crippen molar-refractivity contribution < 1.29 is 14.3 Å². The molecule has 1 rings (SSSR count). The van der Waals surface area contributed by atoms with Crippen molar-refractivity contribution in [3.05, 3.63) is 21.3 Å². The summed E-state index contributed by atoms with van der Waals surface area (Å²) < 4.78 is 13.1. The second-order valence-corrected chi connectivity index (χ2v) is 4.02. The Labute approximate surface area is 77.6 Å². The average molecular weight is 209 g/mol. The highest BCUT2D eigenvalue weighted by molar-refractivity contribution is 7.16. The van der Waals surface area contributed by atoms with Crippen molar-refractivity contribution in [1.82, 2.24) is 0 Å². The lowest BCUT2D eigenvalue weighted by molar-refractivity contribution is -0.142. The first-order chi connectivity index (χ1) is 5.59. The molecule has 0 aliphatic heterocycles. The maximum absolute atomic E-state index is 12.6. The number of rotatable bonds is 3. The van der Waals surface area contributed by atoms with Crippen LogP contribution in [-0.4, -0.2) is 17.2 Å². The van der Waals surface area contributed by atoms with Crippen LogP contribution in [0.5, 0.6) is 0 Å². The zero-order chi connectivity index (χ0) is 9.14. The van der Waals surface area contributed by atoms with E-state index in [4.69, 9.17) is 16.7 Å². The Morgan fingerprint density at radius 2 is 2.42 bits per heavy atom. The van der Waals surface area contributed by atoms with Gasteiger partial charge in [0.05, 0.1) is 4.34 Å². The largest absolute Gasteiger partial charge is 0.479 e. The molecule has 5 heteroatoms. The van der Waals surface area contributed by atoms with Crippen LogP contribution in [0.1, 0.15) is 4.88 Å². The van der Waals surface area contributed by atoms with E-state index in [0.717, 1.165) is 0 Å². The summed E-state index contributed by atoms with van der Waals surface area (Å²) in [6.45, 7) is 0. The van der Waals surface area contributed by atoms with E-state index in [2.05, 4.69) is 0 Å². The van der Waals surface area contributed by atoms with Gasteiger partial charge in [0.25, 0.3) is 0 Å². The molecular weight excluding hydrogens is 203 g/mol. The van der Waals surface area contributed by atoms with Crippen LogP contribution < -0.4 is 0 Å². The van der Waals surface area contributed by atoms with Gasteiger partial charge in [0.1, 0.15) is 0 Å². The van der Waals surface area contributed by atoms with E-state index in [1.165, 1.54) is 11.3 Å². The van der Waals surface area contributed by atoms with Gasteiger partial charge in [0.2, 0.25) is 6.17 Å². The van der Waals surface area contributed by atoms with Crippen molar-refractivity contribution in [3.63, 3.8) is 0 Å². The molecule has 0 aliphatic carbocycles. The van der Waals surface area contributed by atoms with Crippen molar-refractivity contribution >= 4 is 28.9 Å². The Bertz CT molecular complexity index is 287. The summed E-state index contributed by atoms with van der Waals surface area (Å²) in [6.07, 6.45) is -1.94. The lowest BCUT2D eigenvalue weighted by atomic mass is 10.2. The minimum Gasteiger partial charge on any atom is -0.479 e. The smallest absolute Gasteiger partial charge is 0.338 e. The third kappa shape index (κ3) is 2.46. The number of carbonyl (C=O) groups is 1. The zero-order valence-corrected chi connectivity index (χ0v) is 7.53. The van der Waals surface area contributed by atoms with Gasteiger partial charge in [-0.15, -0.1) is 11.3 Å². The molecule has 0 spiro atoms. The third-order valence-corrected chi connectivity index (χ3v) is 2.53. The lowest BCUT2D eigenvalue weighted by Gasteiger charge is -1.98. The van der Waals surface area contributed by atoms with Gasteiger partial charge in [0, 0.05) is 11.3 Å². The first-order valence-corrected chi connectivity index (χ1v) is 4.40. The highest BCUT2D eigenvalue weighted by Gasteiger charge is 2.16. The number of hydrogen-bond donors (Lipinski definition) is 1. The van der Waals surface area contributed by atoms with Crippen LogP contribution >= 0.6 is 22.9 Å². The molecule has 12 heavy (non-hydrogen) atoms. The quantitative estimate of drug-likeness (QED) is 0.828. The van der Waals surface area contributed by atoms with Gasteiger partial charge < -0.3 is 5.11 Å². The molecule has 0 amide bonds. The van der Waals surface area contributed by atoms with Gasteiger partial charge in [-0.3, -0.25) is 0 Å². The van der Waals surface area contributed by atoms with Crippen LogP contribution in [0.2, 0.25) is 4.34 Å². The molecule has 0 bridgehead atoms. The number of carboxylic acid groups (broad SMARTS) is 1. The Kier molecular flexibility index (Phi) is 3.05. The molecule has 0 saturated heterocycles. The molecule has 0 saturated carbocycles. The van der Waals surface area contributed by atoms with Crippen LogP contribution in [0.3, 0.4) is 0 Å². The predicted octanol–water partition coefficient (Wildman–Crippen LogP) is 2.37. The predicted molar refractivity (Wildman–Crippen MR) is 45.6 cm³/mol. The second-order valence-electron chi connectivity index (χ2n) is 2.22. The molecule has 0 fully saturated rings. The van der Waals surface area contributed by atoms with E-state index >= 15 is 0 Å². The van der Waals surface area contributed by atoms with Crippen LogP contribution in [-0.2, 0) is 11.2 Å². The van der Waals surface area contributed by atoms with Gasteiger partial charge in [-0.2, -0.15) is 0 Å². The number of hydrogen-bond acceptors (Lipinski definition) is 2. The summed E-state index contributed by atoms with van der Waals surface area (Å²) in [5.74, 6) is -1.43. The summed E-state index contributed by atoms with van der Waals surface area (Å²) in [5.41, 5.74) is 0. The SMILES string of the molecule is O=C(O)C(F)Cc1ccc(Cl)s1. The maximum Gasteiger partial charge on any atom is 0.338 e. The Morgan fingerprint density at radius 1 is 1.75 bits per heavy atom. The maximum atomic E-state index is 12.6. The number of carboxylic acids is 1. The lowest BCUT2D eigenvalue weighted by Crippen LogP contribution is -2.16. The summed E-state index contributed by atoms with van der Waals surface area (Å²) in [5, 5.41) is 8.25. The second kappa shape index (κ2) is 3.87. The van der Waals surface area contributed by atoms with Crippen LogP contribution in [0, 0.1) is 0 Å². The van der Waals surface area contributed by atoms with Crippen molar-refractivity contribution in [1.29, 1.82) is 0 Å². The molecule has 1 N–H and O–H groups in total. The Balaban J connectivity index is 2.58. The Hall–Kier alpha value is -0.610. The number of aliphatic carboxylic acids is 1. The number of alkyl halides is 1. The van der Waals surface area contributed by atoms with Crippen LogP contribution in [0.4, 0.5) is 4.39 Å². The van der Waals surface area contributed by atoms with E-state index in [-0.39, 0.29) is 6.42 Å². The first-order valence-electron chi connectivity index (χ1n) is 3.20. The molecule has 0 radical (unpaired) electrons. The molecule has 0 aromatic carbocycles. The number of thiophene rings is 1. The summed E-state index contributed by atoms with van der Waals surface area (Å²) in [6, 6.07) is 3.25. The summed E-state index contributed by atoms with van der Waals surface area (Å²) >= 11 is 6.77. The van der Waals surface area contributed by atoms with Gasteiger partial charge in [0.15, 0.2) is 0 Å². The Morgan fingerprint density at radius 3 is 2.83 bits per heavy atom. The molecule has 1 heterocycles. The fraction of sp³-hybridized carbons (Fsp3) is 0.286. The van der Waals surface area contributed by atoms with Gasteiger partial charge in [-0.25, -0.2) is 9.18 Å². The fourth-order valence-electron chi connectivity index (χ4n) is 0.725. The van der Waals surface area contributed by atoms with E-state index in [1.54, 1.807) is 12.1 Å². The van der Waals surface area contributed by atoms with Crippen molar-refractivity contribution in [2.45, 2.75) is 12.6 Å². The van der Waals surface area contributed by atoms with Crippen LogP contribution in [0.15, 0.2) is 12.1 Å². The van der Waals surface area contributed by atoms with Gasteiger partial charge >= 0.3 is 5.97 Å². The fourth-order valence-corrected chi connectivity index (χ4v) is 1.84. The normalized spacial score (nSPS) is 12.8. The van der Waals surface area contributed by atoms with E-state index in [1.807, 2.05) is 0 Å². The van der Waals surface area contributed by atoms with Crippen LogP contribution in [0.25, 0.3) is 0 Å². The summed E-state index contributed by atoms with van der Waals surface area (Å²) in [7, 11) is 0. The van der Waals surface area contributed by atoms with E-state index < -0.39 is 12.1 Å². The standard InChI is InChI=1S/C7H6ClFO2S/c8-6-2-1-4(12-6)3-5(9)7(10)11/h1-2,5H,3H2,(H,10,11). The van der Waals surface area contributed by atoms with E-state index in [0.29, 0.717) is 9.21 Å². The van der Waals surface area contributed by atoms with Crippen molar-refractivity contribution in [3.8, 4) is 0 Å². The van der Waals surface area contributed by atoms with Gasteiger partial charge in [-0.1, -0.05) is 11.6 Å². The molecule has 1 atom stereocenters. The topological polar surface area (TPSA) is 37.3 Å². The molecular formula is C7H6ClFO2S. The van der Waals surface area contributed by atoms with Gasteiger partial charge in [-0.05, 0) is 12.1 Å². The molecule has 1 unspecified atom stereocenters. The molecule has 66 valence electrons. The highest BCUT2D eigenvalue weighted by Crippen LogP contribution is 2.23. The third-order valence-electron chi connectivity index (χ3n) is 1.28.